The Labute approximate surface area is 181 Å². The molecule has 3 aromatic rings. The molecule has 0 unspecified atom stereocenters. The van der Waals surface area contributed by atoms with Gasteiger partial charge in [-0.25, -0.2) is 4.98 Å². The van der Waals surface area contributed by atoms with E-state index in [1.165, 1.54) is 0 Å². The van der Waals surface area contributed by atoms with Crippen molar-refractivity contribution < 1.29 is 9.53 Å². The van der Waals surface area contributed by atoms with Gasteiger partial charge < -0.3 is 10.1 Å². The first-order valence-electron chi connectivity index (χ1n) is 11.0. The number of amides is 1. The van der Waals surface area contributed by atoms with Gasteiger partial charge >= 0.3 is 0 Å². The fraction of sp³-hybridized carbons (Fsp3) is 0.478. The highest BCUT2D eigenvalue weighted by atomic mass is 16.5. The number of ether oxygens (including phenoxy) is 1. The third kappa shape index (κ3) is 4.45. The predicted molar refractivity (Wildman–Crippen MR) is 119 cm³/mol. The molecule has 8 heteroatoms. The van der Waals surface area contributed by atoms with Gasteiger partial charge in [0.05, 0.1) is 25.1 Å². The van der Waals surface area contributed by atoms with E-state index in [0.29, 0.717) is 11.9 Å². The van der Waals surface area contributed by atoms with Gasteiger partial charge in [-0.3, -0.25) is 19.4 Å². The van der Waals surface area contributed by atoms with E-state index >= 15 is 0 Å². The molecule has 2 fully saturated rings. The quantitative estimate of drug-likeness (QED) is 0.699. The summed E-state index contributed by atoms with van der Waals surface area (Å²) in [5.41, 5.74) is 1.81. The summed E-state index contributed by atoms with van der Waals surface area (Å²) in [7, 11) is 1.89. The molecule has 31 heavy (non-hydrogen) atoms. The SMILES string of the molecule is Cn1cc(-c2cc3cc(NC(=O)C4CCC(N5CCOCC5)CC4)ncc3cn2)cn1. The normalized spacial score (nSPS) is 22.5. The largest absolute Gasteiger partial charge is 0.379 e. The Morgan fingerprint density at radius 1 is 1.03 bits per heavy atom. The Hall–Kier alpha value is -2.84. The molecular formula is C23H28N6O2. The second-order valence-corrected chi connectivity index (χ2v) is 8.53. The van der Waals surface area contributed by atoms with E-state index < -0.39 is 0 Å². The van der Waals surface area contributed by atoms with Crippen LogP contribution in [0.4, 0.5) is 5.82 Å². The van der Waals surface area contributed by atoms with E-state index in [1.807, 2.05) is 31.6 Å². The summed E-state index contributed by atoms with van der Waals surface area (Å²) >= 11 is 0. The lowest BCUT2D eigenvalue weighted by atomic mass is 9.84. The molecule has 5 rings (SSSR count). The second kappa shape index (κ2) is 8.72. The molecule has 0 aromatic carbocycles. The molecule has 0 atom stereocenters. The van der Waals surface area contributed by atoms with Crippen LogP contribution in [0.2, 0.25) is 0 Å². The van der Waals surface area contributed by atoms with Crippen LogP contribution in [0, 0.1) is 5.92 Å². The van der Waals surface area contributed by atoms with Crippen molar-refractivity contribution in [3.05, 3.63) is 36.9 Å². The highest BCUT2D eigenvalue weighted by molar-refractivity contribution is 5.94. The minimum Gasteiger partial charge on any atom is -0.379 e. The Morgan fingerprint density at radius 3 is 2.55 bits per heavy atom. The highest BCUT2D eigenvalue weighted by Crippen LogP contribution is 2.29. The van der Waals surface area contributed by atoms with Crippen LogP contribution in [0.1, 0.15) is 25.7 Å². The van der Waals surface area contributed by atoms with E-state index in [4.69, 9.17) is 4.74 Å². The summed E-state index contributed by atoms with van der Waals surface area (Å²) in [5.74, 6) is 0.725. The molecule has 0 radical (unpaired) electrons. The van der Waals surface area contributed by atoms with Gasteiger partial charge in [-0.1, -0.05) is 0 Å². The van der Waals surface area contributed by atoms with Crippen LogP contribution in [-0.4, -0.2) is 62.9 Å². The van der Waals surface area contributed by atoms with Crippen LogP contribution in [0.3, 0.4) is 0 Å². The third-order valence-corrected chi connectivity index (χ3v) is 6.48. The molecule has 0 bridgehead atoms. The minimum absolute atomic E-state index is 0.0539. The molecule has 1 N–H and O–H groups in total. The summed E-state index contributed by atoms with van der Waals surface area (Å²) in [6.45, 7) is 3.68. The first-order chi connectivity index (χ1) is 15.2. The van der Waals surface area contributed by atoms with Gasteiger partial charge in [-0.05, 0) is 43.2 Å². The fourth-order valence-electron chi connectivity index (χ4n) is 4.69. The van der Waals surface area contributed by atoms with Gasteiger partial charge in [0.25, 0.3) is 0 Å². The predicted octanol–water partition coefficient (Wildman–Crippen LogP) is 2.86. The first kappa shape index (κ1) is 20.1. The average Bonchev–Trinajstić information content (AvgIpc) is 3.25. The van der Waals surface area contributed by atoms with Crippen molar-refractivity contribution in [3.63, 3.8) is 0 Å². The van der Waals surface area contributed by atoms with Crippen molar-refractivity contribution in [1.82, 2.24) is 24.6 Å². The molecule has 2 aliphatic rings. The monoisotopic (exact) mass is 420 g/mol. The summed E-state index contributed by atoms with van der Waals surface area (Å²) in [5, 5.41) is 9.19. The molecule has 1 amide bonds. The summed E-state index contributed by atoms with van der Waals surface area (Å²) in [4.78, 5) is 24.3. The third-order valence-electron chi connectivity index (χ3n) is 6.48. The Balaban J connectivity index is 1.24. The maximum Gasteiger partial charge on any atom is 0.228 e. The molecule has 1 aliphatic heterocycles. The Kier molecular flexibility index (Phi) is 5.65. The smallest absolute Gasteiger partial charge is 0.228 e. The zero-order valence-corrected chi connectivity index (χ0v) is 17.8. The van der Waals surface area contributed by atoms with Crippen LogP contribution < -0.4 is 5.32 Å². The number of nitrogens with zero attached hydrogens (tertiary/aromatic N) is 5. The number of carbonyl (C=O) groups is 1. The Morgan fingerprint density at radius 2 is 1.81 bits per heavy atom. The van der Waals surface area contributed by atoms with Crippen molar-refractivity contribution in [2.75, 3.05) is 31.6 Å². The van der Waals surface area contributed by atoms with Crippen LogP contribution in [0.15, 0.2) is 36.9 Å². The standard InChI is InChI=1S/C23H28N6O2/c1-28-15-19(14-26-28)21-10-17-11-22(25-13-18(17)12-24-21)27-23(30)16-2-4-20(5-3-16)29-6-8-31-9-7-29/h10-16,20H,2-9H2,1H3,(H,25,27,30). The van der Waals surface area contributed by atoms with Crippen LogP contribution in [0.5, 0.6) is 0 Å². The number of anilines is 1. The van der Waals surface area contributed by atoms with Gasteiger partial charge in [-0.15, -0.1) is 0 Å². The lowest BCUT2D eigenvalue weighted by molar-refractivity contribution is -0.121. The number of morpholine rings is 1. The van der Waals surface area contributed by atoms with Crippen LogP contribution in [-0.2, 0) is 16.6 Å². The van der Waals surface area contributed by atoms with Crippen molar-refractivity contribution >= 4 is 22.5 Å². The lowest BCUT2D eigenvalue weighted by Crippen LogP contribution is -2.45. The zero-order chi connectivity index (χ0) is 21.2. The van der Waals surface area contributed by atoms with Crippen molar-refractivity contribution in [2.45, 2.75) is 31.7 Å². The number of fused-ring (bicyclic) bond motifs is 1. The maximum atomic E-state index is 12.9. The number of aromatic nitrogens is 4. The maximum absolute atomic E-state index is 12.9. The minimum atomic E-state index is 0.0539. The van der Waals surface area contributed by atoms with Gasteiger partial charge in [-0.2, -0.15) is 5.10 Å². The average molecular weight is 421 g/mol. The van der Waals surface area contributed by atoms with Crippen molar-refractivity contribution in [1.29, 1.82) is 0 Å². The number of hydrogen-bond donors (Lipinski definition) is 1. The molecule has 3 aromatic heterocycles. The summed E-state index contributed by atoms with van der Waals surface area (Å²) < 4.78 is 7.22. The van der Waals surface area contributed by atoms with Gasteiger partial charge in [0.2, 0.25) is 5.91 Å². The molecule has 4 heterocycles. The van der Waals surface area contributed by atoms with Crippen molar-refractivity contribution in [2.24, 2.45) is 13.0 Å². The number of carbonyl (C=O) groups excluding carboxylic acids is 1. The van der Waals surface area contributed by atoms with E-state index in [2.05, 4.69) is 25.3 Å². The zero-order valence-electron chi connectivity index (χ0n) is 17.8. The lowest BCUT2D eigenvalue weighted by Gasteiger charge is -2.38. The number of pyridine rings is 2. The number of rotatable bonds is 4. The van der Waals surface area contributed by atoms with E-state index in [-0.39, 0.29) is 11.8 Å². The van der Waals surface area contributed by atoms with E-state index in [0.717, 1.165) is 74.0 Å². The summed E-state index contributed by atoms with van der Waals surface area (Å²) in [6, 6.07) is 4.52. The molecular weight excluding hydrogens is 392 g/mol. The molecule has 1 saturated heterocycles. The van der Waals surface area contributed by atoms with Crippen LogP contribution >= 0.6 is 0 Å². The van der Waals surface area contributed by atoms with Crippen LogP contribution in [0.25, 0.3) is 22.0 Å². The second-order valence-electron chi connectivity index (χ2n) is 8.53. The molecule has 1 aliphatic carbocycles. The van der Waals surface area contributed by atoms with Gasteiger partial charge in [0.15, 0.2) is 0 Å². The van der Waals surface area contributed by atoms with Gasteiger partial charge in [0.1, 0.15) is 5.82 Å². The van der Waals surface area contributed by atoms with Crippen molar-refractivity contribution in [3.8, 4) is 11.3 Å². The topological polar surface area (TPSA) is 85.2 Å². The molecule has 0 spiro atoms. The Bertz CT molecular complexity index is 1070. The fourth-order valence-corrected chi connectivity index (χ4v) is 4.69. The van der Waals surface area contributed by atoms with E-state index in [9.17, 15) is 4.79 Å². The molecule has 1 saturated carbocycles. The number of hydrogen-bond acceptors (Lipinski definition) is 6. The van der Waals surface area contributed by atoms with Gasteiger partial charge in [0, 0.05) is 61.6 Å². The number of nitrogens with one attached hydrogen (secondary N) is 1. The molecule has 8 nitrogen and oxygen atoms in total. The van der Waals surface area contributed by atoms with E-state index in [1.54, 1.807) is 17.1 Å². The number of aryl methyl sites for hydroxylation is 1. The highest BCUT2D eigenvalue weighted by Gasteiger charge is 2.30. The summed E-state index contributed by atoms with van der Waals surface area (Å²) in [6.07, 6.45) is 11.3. The molecule has 162 valence electrons. The first-order valence-corrected chi connectivity index (χ1v) is 11.0.